The molecule has 0 aliphatic carbocycles. The summed E-state index contributed by atoms with van der Waals surface area (Å²) in [6, 6.07) is -0.0295. The van der Waals surface area contributed by atoms with Gasteiger partial charge in [-0.25, -0.2) is 0 Å². The summed E-state index contributed by atoms with van der Waals surface area (Å²) in [6.45, 7) is 1.27. The monoisotopic (exact) mass is 246 g/mol. The molecular formula is C10H18N2O3S. The van der Waals surface area contributed by atoms with E-state index in [1.807, 2.05) is 4.90 Å². The molecule has 3 atom stereocenters. The van der Waals surface area contributed by atoms with Gasteiger partial charge in [0.15, 0.2) is 0 Å². The van der Waals surface area contributed by atoms with E-state index in [4.69, 9.17) is 9.47 Å². The van der Waals surface area contributed by atoms with Crippen LogP contribution in [0.15, 0.2) is 0 Å². The molecule has 0 aromatic carbocycles. The van der Waals surface area contributed by atoms with E-state index in [0.717, 1.165) is 11.6 Å². The number of carbonyl (C=O) groups is 1. The van der Waals surface area contributed by atoms with Gasteiger partial charge in [-0.05, 0) is 0 Å². The SMILES string of the molecule is COC1CN(C(=O)C2CSCN2)CC1OC. The molecule has 0 saturated carbocycles. The van der Waals surface area contributed by atoms with E-state index in [9.17, 15) is 4.79 Å². The van der Waals surface area contributed by atoms with Crippen LogP contribution in [0.4, 0.5) is 0 Å². The second kappa shape index (κ2) is 5.35. The summed E-state index contributed by atoms with van der Waals surface area (Å²) in [5.74, 6) is 1.91. The first-order chi connectivity index (χ1) is 7.76. The van der Waals surface area contributed by atoms with Crippen molar-refractivity contribution in [3.63, 3.8) is 0 Å². The van der Waals surface area contributed by atoms with Gasteiger partial charge in [-0.2, -0.15) is 0 Å². The van der Waals surface area contributed by atoms with Crippen molar-refractivity contribution in [2.45, 2.75) is 18.2 Å². The standard InChI is InChI=1S/C10H18N2O3S/c1-14-8-3-12(4-9(8)15-2)10(13)7-5-16-6-11-7/h7-9,11H,3-6H2,1-2H3. The van der Waals surface area contributed by atoms with E-state index in [-0.39, 0.29) is 24.2 Å². The van der Waals surface area contributed by atoms with Gasteiger partial charge < -0.3 is 14.4 Å². The van der Waals surface area contributed by atoms with E-state index in [1.165, 1.54) is 0 Å². The molecule has 2 aliphatic heterocycles. The third-order valence-corrected chi connectivity index (χ3v) is 4.09. The Morgan fingerprint density at radius 2 is 1.94 bits per heavy atom. The second-order valence-corrected chi connectivity index (χ2v) is 5.09. The van der Waals surface area contributed by atoms with E-state index in [1.54, 1.807) is 26.0 Å². The zero-order valence-electron chi connectivity index (χ0n) is 9.64. The third-order valence-electron chi connectivity index (χ3n) is 3.15. The molecule has 0 aromatic rings. The molecule has 2 saturated heterocycles. The highest BCUT2D eigenvalue weighted by Crippen LogP contribution is 2.19. The maximum absolute atomic E-state index is 12.1. The molecule has 1 N–H and O–H groups in total. The summed E-state index contributed by atoms with van der Waals surface area (Å²) >= 11 is 1.76. The smallest absolute Gasteiger partial charge is 0.240 e. The quantitative estimate of drug-likeness (QED) is 0.729. The number of amides is 1. The van der Waals surface area contributed by atoms with Crippen LogP contribution in [0.3, 0.4) is 0 Å². The highest BCUT2D eigenvalue weighted by molar-refractivity contribution is 7.99. The number of rotatable bonds is 3. The van der Waals surface area contributed by atoms with E-state index in [0.29, 0.717) is 13.1 Å². The predicted octanol–water partition coefficient (Wildman–Crippen LogP) is -0.479. The van der Waals surface area contributed by atoms with E-state index >= 15 is 0 Å². The van der Waals surface area contributed by atoms with Crippen LogP contribution in [0, 0.1) is 0 Å². The van der Waals surface area contributed by atoms with Crippen LogP contribution in [0.25, 0.3) is 0 Å². The largest absolute Gasteiger partial charge is 0.377 e. The van der Waals surface area contributed by atoms with Crippen molar-refractivity contribution in [2.24, 2.45) is 0 Å². The molecule has 92 valence electrons. The molecule has 16 heavy (non-hydrogen) atoms. The molecule has 3 unspecified atom stereocenters. The van der Waals surface area contributed by atoms with Gasteiger partial charge in [-0.3, -0.25) is 10.1 Å². The van der Waals surface area contributed by atoms with Crippen LogP contribution in [0.5, 0.6) is 0 Å². The van der Waals surface area contributed by atoms with Gasteiger partial charge in [-0.15, -0.1) is 11.8 Å². The first kappa shape index (κ1) is 12.2. The summed E-state index contributed by atoms with van der Waals surface area (Å²) in [6.07, 6.45) is 0.00557. The average Bonchev–Trinajstić information content (AvgIpc) is 2.96. The zero-order chi connectivity index (χ0) is 11.5. The van der Waals surface area contributed by atoms with E-state index < -0.39 is 0 Å². The molecule has 2 rings (SSSR count). The number of nitrogens with one attached hydrogen (secondary N) is 1. The Kier molecular flexibility index (Phi) is 4.07. The Balaban J connectivity index is 1.93. The van der Waals surface area contributed by atoms with Gasteiger partial charge in [0.2, 0.25) is 5.91 Å². The minimum Gasteiger partial charge on any atom is -0.377 e. The van der Waals surface area contributed by atoms with Crippen molar-refractivity contribution in [2.75, 3.05) is 38.9 Å². The normalized spacial score (nSPS) is 34.6. The summed E-state index contributed by atoms with van der Waals surface area (Å²) in [5.41, 5.74) is 0. The number of hydrogen-bond acceptors (Lipinski definition) is 5. The second-order valence-electron chi connectivity index (χ2n) is 4.06. The fourth-order valence-corrected chi connectivity index (χ4v) is 3.08. The van der Waals surface area contributed by atoms with Crippen molar-refractivity contribution in [3.8, 4) is 0 Å². The molecule has 5 nitrogen and oxygen atoms in total. The van der Waals surface area contributed by atoms with Crippen LogP contribution in [-0.2, 0) is 14.3 Å². The summed E-state index contributed by atoms with van der Waals surface area (Å²) in [7, 11) is 3.32. The minimum atomic E-state index is -0.0295. The Bertz CT molecular complexity index is 246. The predicted molar refractivity (Wildman–Crippen MR) is 62.4 cm³/mol. The van der Waals surface area contributed by atoms with Gasteiger partial charge in [0.25, 0.3) is 0 Å². The van der Waals surface area contributed by atoms with Crippen molar-refractivity contribution < 1.29 is 14.3 Å². The van der Waals surface area contributed by atoms with Crippen LogP contribution < -0.4 is 5.32 Å². The van der Waals surface area contributed by atoms with Crippen molar-refractivity contribution >= 4 is 17.7 Å². The lowest BCUT2D eigenvalue weighted by Crippen LogP contribution is -2.44. The van der Waals surface area contributed by atoms with Gasteiger partial charge in [0, 0.05) is 38.9 Å². The molecule has 6 heteroatoms. The third kappa shape index (κ3) is 2.34. The van der Waals surface area contributed by atoms with Gasteiger partial charge in [-0.1, -0.05) is 0 Å². The number of methoxy groups -OCH3 is 2. The Hall–Kier alpha value is -0.300. The summed E-state index contributed by atoms with van der Waals surface area (Å²) in [5, 5.41) is 3.19. The van der Waals surface area contributed by atoms with Crippen LogP contribution >= 0.6 is 11.8 Å². The number of ether oxygens (including phenoxy) is 2. The summed E-state index contributed by atoms with van der Waals surface area (Å²) in [4.78, 5) is 13.9. The number of hydrogen-bond donors (Lipinski definition) is 1. The Labute approximate surface area is 99.8 Å². The van der Waals surface area contributed by atoms with Crippen LogP contribution in [0.2, 0.25) is 0 Å². The van der Waals surface area contributed by atoms with Crippen LogP contribution in [-0.4, -0.2) is 68.0 Å². The fraction of sp³-hybridized carbons (Fsp3) is 0.900. The fourth-order valence-electron chi connectivity index (χ4n) is 2.15. The molecule has 0 bridgehead atoms. The molecule has 2 aliphatic rings. The molecule has 1 amide bonds. The van der Waals surface area contributed by atoms with Gasteiger partial charge >= 0.3 is 0 Å². The lowest BCUT2D eigenvalue weighted by molar-refractivity contribution is -0.132. The molecule has 2 heterocycles. The minimum absolute atomic E-state index is 0.00278. The maximum atomic E-state index is 12.1. The van der Waals surface area contributed by atoms with Crippen molar-refractivity contribution in [1.82, 2.24) is 10.2 Å². The maximum Gasteiger partial charge on any atom is 0.240 e. The highest BCUT2D eigenvalue weighted by atomic mass is 32.2. The van der Waals surface area contributed by atoms with Crippen molar-refractivity contribution in [3.05, 3.63) is 0 Å². The average molecular weight is 246 g/mol. The number of thioether (sulfide) groups is 1. The van der Waals surface area contributed by atoms with Gasteiger partial charge in [0.05, 0.1) is 6.04 Å². The van der Waals surface area contributed by atoms with E-state index in [2.05, 4.69) is 5.32 Å². The summed E-state index contributed by atoms with van der Waals surface area (Å²) < 4.78 is 10.6. The molecule has 2 fully saturated rings. The molecule has 0 spiro atoms. The lowest BCUT2D eigenvalue weighted by atomic mass is 10.3. The number of carbonyl (C=O) groups excluding carboxylic acids is 1. The Morgan fingerprint density at radius 1 is 1.31 bits per heavy atom. The van der Waals surface area contributed by atoms with Crippen LogP contribution in [0.1, 0.15) is 0 Å². The Morgan fingerprint density at radius 3 is 2.38 bits per heavy atom. The van der Waals surface area contributed by atoms with Crippen molar-refractivity contribution in [1.29, 1.82) is 0 Å². The molecular weight excluding hydrogens is 228 g/mol. The first-order valence-electron chi connectivity index (χ1n) is 5.41. The first-order valence-corrected chi connectivity index (χ1v) is 6.57. The topological polar surface area (TPSA) is 50.8 Å². The number of likely N-dealkylation sites (tertiary alicyclic amines) is 1. The highest BCUT2D eigenvalue weighted by Gasteiger charge is 2.38. The molecule has 0 radical (unpaired) electrons. The molecule has 0 aromatic heterocycles. The number of nitrogens with zero attached hydrogens (tertiary/aromatic N) is 1. The lowest BCUT2D eigenvalue weighted by Gasteiger charge is -2.19. The zero-order valence-corrected chi connectivity index (χ0v) is 10.5. The van der Waals surface area contributed by atoms with Gasteiger partial charge in [0.1, 0.15) is 12.2 Å².